The first-order valence-electron chi connectivity index (χ1n) is 6.83. The van der Waals surface area contributed by atoms with Gasteiger partial charge in [-0.3, -0.25) is 0 Å². The van der Waals surface area contributed by atoms with Crippen LogP contribution in [-0.4, -0.2) is 24.9 Å². The minimum absolute atomic E-state index is 0.0690. The van der Waals surface area contributed by atoms with Crippen LogP contribution in [0.3, 0.4) is 0 Å². The summed E-state index contributed by atoms with van der Waals surface area (Å²) in [6, 6.07) is 18.2. The molecule has 2 aromatic rings. The standard InChI is InChI=1S/C17H21NO2/c1-20-17-9-7-15(8-10-17)12-18-16(13-19)11-14-5-3-2-4-6-14/h2-10,16,18-19H,11-13H2,1H3. The fourth-order valence-corrected chi connectivity index (χ4v) is 2.11. The van der Waals surface area contributed by atoms with Gasteiger partial charge in [-0.15, -0.1) is 0 Å². The normalized spacial score (nSPS) is 12.1. The highest BCUT2D eigenvalue weighted by atomic mass is 16.5. The Kier molecular flexibility index (Phi) is 5.59. The summed E-state index contributed by atoms with van der Waals surface area (Å²) in [6.45, 7) is 0.868. The van der Waals surface area contributed by atoms with Gasteiger partial charge >= 0.3 is 0 Å². The molecule has 3 nitrogen and oxygen atoms in total. The van der Waals surface area contributed by atoms with Gasteiger partial charge in [0.25, 0.3) is 0 Å². The largest absolute Gasteiger partial charge is 0.497 e. The highest BCUT2D eigenvalue weighted by Crippen LogP contribution is 2.11. The Bertz CT molecular complexity index is 496. The number of hydrogen-bond acceptors (Lipinski definition) is 3. The van der Waals surface area contributed by atoms with E-state index in [0.717, 1.165) is 18.7 Å². The summed E-state index contributed by atoms with van der Waals surface area (Å²) >= 11 is 0. The maximum absolute atomic E-state index is 9.47. The molecule has 2 rings (SSSR count). The first-order chi connectivity index (χ1) is 9.81. The molecule has 0 bridgehead atoms. The van der Waals surface area contributed by atoms with Crippen LogP contribution >= 0.6 is 0 Å². The monoisotopic (exact) mass is 271 g/mol. The molecule has 106 valence electrons. The Labute approximate surface area is 120 Å². The number of aliphatic hydroxyl groups is 1. The van der Waals surface area contributed by atoms with Gasteiger partial charge in [0.2, 0.25) is 0 Å². The highest BCUT2D eigenvalue weighted by molar-refractivity contribution is 5.27. The van der Waals surface area contributed by atoms with Gasteiger partial charge in [0.1, 0.15) is 5.75 Å². The molecule has 0 fully saturated rings. The van der Waals surface area contributed by atoms with Gasteiger partial charge < -0.3 is 15.2 Å². The molecule has 0 amide bonds. The summed E-state index contributed by atoms with van der Waals surface area (Å²) in [5.74, 6) is 0.858. The van der Waals surface area contributed by atoms with E-state index < -0.39 is 0 Å². The van der Waals surface area contributed by atoms with Crippen molar-refractivity contribution < 1.29 is 9.84 Å². The van der Waals surface area contributed by atoms with E-state index in [1.54, 1.807) is 7.11 Å². The number of rotatable bonds is 7. The Balaban J connectivity index is 1.86. The van der Waals surface area contributed by atoms with E-state index in [1.807, 2.05) is 42.5 Å². The quantitative estimate of drug-likeness (QED) is 0.812. The van der Waals surface area contributed by atoms with Crippen molar-refractivity contribution in [2.75, 3.05) is 13.7 Å². The van der Waals surface area contributed by atoms with Gasteiger partial charge in [0.15, 0.2) is 0 Å². The average Bonchev–Trinajstić information content (AvgIpc) is 2.53. The van der Waals surface area contributed by atoms with E-state index in [9.17, 15) is 5.11 Å². The summed E-state index contributed by atoms with van der Waals surface area (Å²) in [5.41, 5.74) is 2.41. The smallest absolute Gasteiger partial charge is 0.118 e. The summed E-state index contributed by atoms with van der Waals surface area (Å²) < 4.78 is 5.13. The molecule has 0 saturated carbocycles. The number of benzene rings is 2. The maximum atomic E-state index is 9.47. The van der Waals surface area contributed by atoms with Crippen molar-refractivity contribution in [2.45, 2.75) is 19.0 Å². The third-order valence-corrected chi connectivity index (χ3v) is 3.30. The van der Waals surface area contributed by atoms with Crippen LogP contribution in [-0.2, 0) is 13.0 Å². The molecule has 0 aromatic heterocycles. The summed E-state index contributed by atoms with van der Waals surface area (Å²) in [5, 5.41) is 12.8. The van der Waals surface area contributed by atoms with Crippen molar-refractivity contribution in [1.82, 2.24) is 5.32 Å². The van der Waals surface area contributed by atoms with Crippen LogP contribution in [0.15, 0.2) is 54.6 Å². The van der Waals surface area contributed by atoms with Crippen LogP contribution in [0, 0.1) is 0 Å². The Morgan fingerprint density at radius 1 is 1.00 bits per heavy atom. The Morgan fingerprint density at radius 2 is 1.70 bits per heavy atom. The van der Waals surface area contributed by atoms with E-state index >= 15 is 0 Å². The Hall–Kier alpha value is -1.84. The molecule has 0 aliphatic rings. The zero-order valence-corrected chi connectivity index (χ0v) is 11.8. The van der Waals surface area contributed by atoms with Crippen molar-refractivity contribution >= 4 is 0 Å². The van der Waals surface area contributed by atoms with Gasteiger partial charge in [-0.1, -0.05) is 42.5 Å². The second-order valence-electron chi connectivity index (χ2n) is 4.80. The summed E-state index contributed by atoms with van der Waals surface area (Å²) in [6.07, 6.45) is 0.827. The molecular weight excluding hydrogens is 250 g/mol. The lowest BCUT2D eigenvalue weighted by molar-refractivity contribution is 0.241. The van der Waals surface area contributed by atoms with Crippen molar-refractivity contribution in [1.29, 1.82) is 0 Å². The maximum Gasteiger partial charge on any atom is 0.118 e. The first kappa shape index (κ1) is 14.6. The van der Waals surface area contributed by atoms with E-state index in [0.29, 0.717) is 0 Å². The fraction of sp³-hybridized carbons (Fsp3) is 0.294. The van der Waals surface area contributed by atoms with Gasteiger partial charge in [-0.05, 0) is 29.7 Å². The fourth-order valence-electron chi connectivity index (χ4n) is 2.11. The van der Waals surface area contributed by atoms with Crippen molar-refractivity contribution in [2.24, 2.45) is 0 Å². The first-order valence-corrected chi connectivity index (χ1v) is 6.83. The molecule has 0 aliphatic heterocycles. The zero-order chi connectivity index (χ0) is 14.2. The molecule has 0 aliphatic carbocycles. The molecule has 0 saturated heterocycles. The molecular formula is C17H21NO2. The molecule has 1 atom stereocenters. The molecule has 0 heterocycles. The van der Waals surface area contributed by atoms with Crippen LogP contribution in [0.1, 0.15) is 11.1 Å². The topological polar surface area (TPSA) is 41.5 Å². The third-order valence-electron chi connectivity index (χ3n) is 3.30. The second-order valence-corrected chi connectivity index (χ2v) is 4.80. The van der Waals surface area contributed by atoms with Crippen molar-refractivity contribution in [3.63, 3.8) is 0 Å². The van der Waals surface area contributed by atoms with Crippen LogP contribution in [0.2, 0.25) is 0 Å². The highest BCUT2D eigenvalue weighted by Gasteiger charge is 2.07. The zero-order valence-electron chi connectivity index (χ0n) is 11.8. The predicted molar refractivity (Wildman–Crippen MR) is 80.9 cm³/mol. The SMILES string of the molecule is COc1ccc(CNC(CO)Cc2ccccc2)cc1. The number of methoxy groups -OCH3 is 1. The van der Waals surface area contributed by atoms with E-state index in [2.05, 4.69) is 17.4 Å². The van der Waals surface area contributed by atoms with Crippen molar-refractivity contribution in [3.05, 3.63) is 65.7 Å². The minimum atomic E-state index is 0.0690. The summed E-state index contributed by atoms with van der Waals surface area (Å²) in [7, 11) is 1.66. The van der Waals surface area contributed by atoms with Gasteiger partial charge in [-0.25, -0.2) is 0 Å². The average molecular weight is 271 g/mol. The van der Waals surface area contributed by atoms with Crippen molar-refractivity contribution in [3.8, 4) is 5.75 Å². The molecule has 3 heteroatoms. The summed E-state index contributed by atoms with van der Waals surface area (Å²) in [4.78, 5) is 0. The molecule has 2 N–H and O–H groups in total. The molecule has 20 heavy (non-hydrogen) atoms. The van der Waals surface area contributed by atoms with E-state index in [4.69, 9.17) is 4.74 Å². The third kappa shape index (κ3) is 4.37. The lowest BCUT2D eigenvalue weighted by atomic mass is 10.1. The molecule has 0 spiro atoms. The van der Waals surface area contributed by atoms with Crippen LogP contribution in [0.4, 0.5) is 0 Å². The van der Waals surface area contributed by atoms with Crippen LogP contribution in [0.5, 0.6) is 5.75 Å². The van der Waals surface area contributed by atoms with Crippen LogP contribution in [0.25, 0.3) is 0 Å². The number of hydrogen-bond donors (Lipinski definition) is 2. The van der Waals surface area contributed by atoms with Crippen LogP contribution < -0.4 is 10.1 Å². The van der Waals surface area contributed by atoms with Gasteiger partial charge in [0, 0.05) is 12.6 Å². The number of nitrogens with one attached hydrogen (secondary N) is 1. The minimum Gasteiger partial charge on any atom is -0.497 e. The number of ether oxygens (including phenoxy) is 1. The van der Waals surface area contributed by atoms with E-state index in [1.165, 1.54) is 11.1 Å². The van der Waals surface area contributed by atoms with Gasteiger partial charge in [0.05, 0.1) is 13.7 Å². The molecule has 0 radical (unpaired) electrons. The number of aliphatic hydroxyl groups excluding tert-OH is 1. The lowest BCUT2D eigenvalue weighted by Gasteiger charge is -2.16. The lowest BCUT2D eigenvalue weighted by Crippen LogP contribution is -2.34. The Morgan fingerprint density at radius 3 is 2.30 bits per heavy atom. The van der Waals surface area contributed by atoms with Gasteiger partial charge in [-0.2, -0.15) is 0 Å². The molecule has 2 aromatic carbocycles. The van der Waals surface area contributed by atoms with E-state index in [-0.39, 0.29) is 12.6 Å². The predicted octanol–water partition coefficient (Wildman–Crippen LogP) is 2.39. The second kappa shape index (κ2) is 7.68. The molecule has 1 unspecified atom stereocenters.